The number of nitrogens with one attached hydrogen (secondary N) is 1. The summed E-state index contributed by atoms with van der Waals surface area (Å²) >= 11 is 0. The molecule has 0 spiro atoms. The van der Waals surface area contributed by atoms with Crippen molar-refractivity contribution in [1.29, 1.82) is 0 Å². The van der Waals surface area contributed by atoms with Crippen LogP contribution in [0.5, 0.6) is 46.0 Å². The number of likely N-dealkylation sites (N-methyl/N-ethyl adjacent to an activating group) is 1. The fraction of sp³-hybridized carbons (Fsp3) is 0.314. The summed E-state index contributed by atoms with van der Waals surface area (Å²) in [6.07, 6.45) is 3.48. The normalized spacial score (nSPS) is 20.1. The van der Waals surface area contributed by atoms with Gasteiger partial charge in [-0.3, -0.25) is 4.90 Å². The molecule has 5 aliphatic rings. The predicted molar refractivity (Wildman–Crippen MR) is 160 cm³/mol. The van der Waals surface area contributed by atoms with E-state index < -0.39 is 0 Å². The third kappa shape index (κ3) is 4.18. The van der Waals surface area contributed by atoms with Crippen LogP contribution in [0.4, 0.5) is 0 Å². The van der Waals surface area contributed by atoms with Crippen molar-refractivity contribution in [2.75, 3.05) is 34.4 Å². The molecule has 0 aromatic heterocycles. The van der Waals surface area contributed by atoms with Crippen molar-refractivity contribution in [3.63, 3.8) is 0 Å². The van der Waals surface area contributed by atoms with Crippen LogP contribution in [0, 0.1) is 0 Å². The van der Waals surface area contributed by atoms with E-state index in [0.717, 1.165) is 78.8 Å². The maximum absolute atomic E-state index is 6.84. The van der Waals surface area contributed by atoms with Crippen molar-refractivity contribution in [3.8, 4) is 46.0 Å². The standard InChI is InChI=1S/C35H34N2O5/c1-37-13-11-22-17-30-31-19-25(22)27(37)15-21-6-9-28(38-2)29(16-21)40-24-7-4-20(5-8-24)14-26-33-23(10-12-36-26)18-32(39-3)34(41-30)35(33)42-31/h4-9,16-19,26-27,36H,10-15H2,1-3H3/t26-,27-/m0/s1. The Labute approximate surface area is 245 Å². The van der Waals surface area contributed by atoms with Crippen molar-refractivity contribution in [2.24, 2.45) is 0 Å². The van der Waals surface area contributed by atoms with E-state index in [1.165, 1.54) is 27.8 Å². The molecule has 7 nitrogen and oxygen atoms in total. The molecule has 2 atom stereocenters. The van der Waals surface area contributed by atoms with Gasteiger partial charge in [0.15, 0.2) is 34.5 Å². The van der Waals surface area contributed by atoms with Gasteiger partial charge in [0.05, 0.1) is 14.2 Å². The molecule has 0 aliphatic carbocycles. The summed E-state index contributed by atoms with van der Waals surface area (Å²) in [4.78, 5) is 2.43. The summed E-state index contributed by atoms with van der Waals surface area (Å²) in [5.74, 6) is 5.85. The maximum atomic E-state index is 6.84. The van der Waals surface area contributed by atoms with Crippen molar-refractivity contribution in [1.82, 2.24) is 10.2 Å². The number of benzene rings is 4. The summed E-state index contributed by atoms with van der Waals surface area (Å²) < 4.78 is 31.4. The molecule has 0 saturated heterocycles. The largest absolute Gasteiger partial charge is 0.493 e. The Morgan fingerprint density at radius 3 is 2.36 bits per heavy atom. The van der Waals surface area contributed by atoms with Crippen LogP contribution in [-0.2, 0) is 25.7 Å². The zero-order valence-corrected chi connectivity index (χ0v) is 24.2. The third-order valence-electron chi connectivity index (χ3n) is 9.18. The highest BCUT2D eigenvalue weighted by Gasteiger charge is 2.35. The number of hydrogen-bond donors (Lipinski definition) is 1. The Balaban J connectivity index is 1.32. The summed E-state index contributed by atoms with van der Waals surface area (Å²) in [6.45, 7) is 1.85. The zero-order valence-electron chi connectivity index (χ0n) is 24.2. The molecule has 0 fully saturated rings. The molecule has 0 amide bonds. The van der Waals surface area contributed by atoms with E-state index in [2.05, 4.69) is 59.7 Å². The van der Waals surface area contributed by atoms with Gasteiger partial charge in [0, 0.05) is 24.2 Å². The van der Waals surface area contributed by atoms with Gasteiger partial charge < -0.3 is 29.0 Å². The van der Waals surface area contributed by atoms with Gasteiger partial charge >= 0.3 is 0 Å². The van der Waals surface area contributed by atoms with Crippen molar-refractivity contribution in [2.45, 2.75) is 37.8 Å². The Kier molecular flexibility index (Phi) is 6.05. The molecule has 1 N–H and O–H groups in total. The van der Waals surface area contributed by atoms with E-state index >= 15 is 0 Å². The van der Waals surface area contributed by atoms with Gasteiger partial charge in [-0.15, -0.1) is 0 Å². The number of rotatable bonds is 2. The van der Waals surface area contributed by atoms with Crippen LogP contribution < -0.4 is 29.0 Å². The highest BCUT2D eigenvalue weighted by Crippen LogP contribution is 2.56. The number of fused-ring (bicyclic) bond motifs is 2. The summed E-state index contributed by atoms with van der Waals surface area (Å²) in [7, 11) is 5.58. The highest BCUT2D eigenvalue weighted by atomic mass is 16.6. The maximum Gasteiger partial charge on any atom is 0.212 e. The van der Waals surface area contributed by atoms with Crippen molar-refractivity contribution < 1.29 is 23.7 Å². The predicted octanol–water partition coefficient (Wildman–Crippen LogP) is 6.91. The summed E-state index contributed by atoms with van der Waals surface area (Å²) in [5, 5.41) is 3.74. The minimum absolute atomic E-state index is 0.0671. The molecule has 4 aromatic carbocycles. The molecular weight excluding hydrogens is 528 g/mol. The average molecular weight is 563 g/mol. The quantitative estimate of drug-likeness (QED) is 0.251. The second kappa shape index (κ2) is 9.96. The van der Waals surface area contributed by atoms with E-state index in [1.54, 1.807) is 14.2 Å². The molecule has 7 bridgehead atoms. The van der Waals surface area contributed by atoms with Crippen LogP contribution in [-0.4, -0.2) is 39.3 Å². The first-order chi connectivity index (χ1) is 20.6. The first kappa shape index (κ1) is 25.5. The van der Waals surface area contributed by atoms with E-state index in [0.29, 0.717) is 11.5 Å². The van der Waals surface area contributed by atoms with Gasteiger partial charge in [0.25, 0.3) is 0 Å². The van der Waals surface area contributed by atoms with Gasteiger partial charge in [0.2, 0.25) is 5.75 Å². The van der Waals surface area contributed by atoms with Gasteiger partial charge in [-0.05, 0) is 110 Å². The third-order valence-corrected chi connectivity index (χ3v) is 9.18. The van der Waals surface area contributed by atoms with Crippen LogP contribution >= 0.6 is 0 Å². The minimum Gasteiger partial charge on any atom is -0.493 e. The highest BCUT2D eigenvalue weighted by molar-refractivity contribution is 5.67. The summed E-state index contributed by atoms with van der Waals surface area (Å²) in [5.41, 5.74) is 7.33. The molecule has 7 heteroatoms. The van der Waals surface area contributed by atoms with E-state index in [4.69, 9.17) is 23.7 Å². The smallest absolute Gasteiger partial charge is 0.212 e. The molecule has 0 radical (unpaired) electrons. The van der Waals surface area contributed by atoms with E-state index in [9.17, 15) is 0 Å². The molecular formula is C35H34N2O5. The molecule has 42 heavy (non-hydrogen) atoms. The zero-order chi connectivity index (χ0) is 28.4. The number of hydrogen-bond acceptors (Lipinski definition) is 7. The number of methoxy groups -OCH3 is 2. The molecule has 0 saturated carbocycles. The SMILES string of the molecule is COc1ccc2cc1Oc1ccc(cc1)C[C@@H]1NCCc3cc(OC)c4c(c31)Oc1cc3c(cc1O4)CCN(C)[C@H]3C2. The molecule has 0 unspecified atom stereocenters. The molecule has 4 aromatic rings. The summed E-state index contributed by atoms with van der Waals surface area (Å²) in [6, 6.07) is 21.3. The lowest BCUT2D eigenvalue weighted by atomic mass is 9.87. The van der Waals surface area contributed by atoms with Crippen LogP contribution in [0.1, 0.15) is 45.5 Å². The molecule has 214 valence electrons. The van der Waals surface area contributed by atoms with Crippen molar-refractivity contribution in [3.05, 3.63) is 94.0 Å². The van der Waals surface area contributed by atoms with E-state index in [1.807, 2.05) is 18.2 Å². The lowest BCUT2D eigenvalue weighted by molar-refractivity contribution is 0.227. The first-order valence-electron chi connectivity index (χ1n) is 14.7. The topological polar surface area (TPSA) is 61.4 Å². The minimum atomic E-state index is 0.0671. The lowest BCUT2D eigenvalue weighted by Crippen LogP contribution is -2.33. The fourth-order valence-corrected chi connectivity index (χ4v) is 6.96. The molecule has 9 rings (SSSR count). The van der Waals surface area contributed by atoms with Crippen molar-refractivity contribution >= 4 is 0 Å². The van der Waals surface area contributed by atoms with Crippen LogP contribution in [0.15, 0.2) is 60.7 Å². The Morgan fingerprint density at radius 1 is 0.738 bits per heavy atom. The van der Waals surface area contributed by atoms with Crippen LogP contribution in [0.3, 0.4) is 0 Å². The number of nitrogens with zero attached hydrogens (tertiary/aromatic N) is 1. The Bertz CT molecular complexity index is 1700. The van der Waals surface area contributed by atoms with E-state index in [-0.39, 0.29) is 12.1 Å². The number of ether oxygens (including phenoxy) is 5. The Hall–Kier alpha value is -4.20. The van der Waals surface area contributed by atoms with Crippen LogP contribution in [0.25, 0.3) is 0 Å². The van der Waals surface area contributed by atoms with Crippen LogP contribution in [0.2, 0.25) is 0 Å². The first-order valence-corrected chi connectivity index (χ1v) is 14.7. The van der Waals surface area contributed by atoms with Gasteiger partial charge in [-0.25, -0.2) is 0 Å². The fourth-order valence-electron chi connectivity index (χ4n) is 6.96. The molecule has 5 aliphatic heterocycles. The second-order valence-electron chi connectivity index (χ2n) is 11.7. The second-order valence-corrected chi connectivity index (χ2v) is 11.7. The van der Waals surface area contributed by atoms with Gasteiger partial charge in [-0.1, -0.05) is 18.2 Å². The molecule has 5 heterocycles. The van der Waals surface area contributed by atoms with Gasteiger partial charge in [-0.2, -0.15) is 0 Å². The monoisotopic (exact) mass is 562 g/mol. The lowest BCUT2D eigenvalue weighted by Gasteiger charge is -2.37. The van der Waals surface area contributed by atoms with Gasteiger partial charge in [0.1, 0.15) is 5.75 Å². The average Bonchev–Trinajstić information content (AvgIpc) is 3.01. The Morgan fingerprint density at radius 2 is 1.52 bits per heavy atom.